The summed E-state index contributed by atoms with van der Waals surface area (Å²) in [5.74, 6) is 0.186. The lowest BCUT2D eigenvalue weighted by Crippen LogP contribution is -2.31. The summed E-state index contributed by atoms with van der Waals surface area (Å²) in [4.78, 5) is 10.6. The van der Waals surface area contributed by atoms with Crippen molar-refractivity contribution in [2.45, 2.75) is 31.9 Å². The van der Waals surface area contributed by atoms with Crippen LogP contribution in [0.25, 0.3) is 0 Å². The maximum Gasteiger partial charge on any atom is 0.255 e. The second-order valence-corrected chi connectivity index (χ2v) is 5.02. The van der Waals surface area contributed by atoms with Crippen molar-refractivity contribution in [1.82, 2.24) is 5.32 Å². The van der Waals surface area contributed by atoms with Gasteiger partial charge in [-0.25, -0.2) is 0 Å². The Labute approximate surface area is 119 Å². The van der Waals surface area contributed by atoms with Gasteiger partial charge >= 0.3 is 0 Å². The molecule has 0 spiro atoms. The molecule has 1 fully saturated rings. The summed E-state index contributed by atoms with van der Waals surface area (Å²) in [7, 11) is 0. The maximum absolute atomic E-state index is 10.6. The van der Waals surface area contributed by atoms with Crippen molar-refractivity contribution in [1.29, 1.82) is 0 Å². The highest BCUT2D eigenvalue weighted by Crippen LogP contribution is 2.13. The molecule has 20 heavy (non-hydrogen) atoms. The van der Waals surface area contributed by atoms with Crippen LogP contribution in [0.1, 0.15) is 24.8 Å². The zero-order chi connectivity index (χ0) is 14.2. The van der Waals surface area contributed by atoms with E-state index in [9.17, 15) is 4.79 Å². The van der Waals surface area contributed by atoms with E-state index in [1.54, 1.807) is 0 Å². The van der Waals surface area contributed by atoms with Crippen molar-refractivity contribution in [3.63, 3.8) is 0 Å². The molecule has 1 aliphatic rings. The van der Waals surface area contributed by atoms with Gasteiger partial charge in [-0.2, -0.15) is 0 Å². The Kier molecular flexibility index (Phi) is 5.83. The molecule has 3 N–H and O–H groups in total. The number of carbonyl (C=O) groups is 1. The SMILES string of the molecule is NC(=O)COc1ccc(CNCC2CCCCO2)cc1. The van der Waals surface area contributed by atoms with Gasteiger partial charge in [0.15, 0.2) is 6.61 Å². The van der Waals surface area contributed by atoms with Gasteiger partial charge < -0.3 is 20.5 Å². The third kappa shape index (κ3) is 5.19. The van der Waals surface area contributed by atoms with Gasteiger partial charge in [0.1, 0.15) is 5.75 Å². The summed E-state index contributed by atoms with van der Waals surface area (Å²) in [5.41, 5.74) is 6.19. The molecule has 110 valence electrons. The van der Waals surface area contributed by atoms with Gasteiger partial charge in [-0.05, 0) is 37.0 Å². The van der Waals surface area contributed by atoms with Crippen LogP contribution in [-0.2, 0) is 16.1 Å². The second kappa shape index (κ2) is 7.87. The van der Waals surface area contributed by atoms with Crippen molar-refractivity contribution in [3.8, 4) is 5.75 Å². The van der Waals surface area contributed by atoms with Crippen LogP contribution >= 0.6 is 0 Å². The number of rotatable bonds is 7. The predicted molar refractivity (Wildman–Crippen MR) is 76.4 cm³/mol. The molecule has 1 aromatic carbocycles. The van der Waals surface area contributed by atoms with E-state index in [2.05, 4.69) is 5.32 Å². The van der Waals surface area contributed by atoms with Gasteiger partial charge in [-0.15, -0.1) is 0 Å². The standard InChI is InChI=1S/C15H22N2O3/c16-15(18)11-20-13-6-4-12(5-7-13)9-17-10-14-3-1-2-8-19-14/h4-7,14,17H,1-3,8-11H2,(H2,16,18). The number of carbonyl (C=O) groups excluding carboxylic acids is 1. The summed E-state index contributed by atoms with van der Waals surface area (Å²) in [6.45, 7) is 2.49. The van der Waals surface area contributed by atoms with E-state index in [1.165, 1.54) is 18.4 Å². The Hall–Kier alpha value is -1.59. The van der Waals surface area contributed by atoms with Crippen LogP contribution in [0, 0.1) is 0 Å². The minimum Gasteiger partial charge on any atom is -0.484 e. The maximum atomic E-state index is 10.6. The number of benzene rings is 1. The van der Waals surface area contributed by atoms with Crippen LogP contribution in [0.2, 0.25) is 0 Å². The number of nitrogens with two attached hydrogens (primary N) is 1. The zero-order valence-corrected chi connectivity index (χ0v) is 11.6. The van der Waals surface area contributed by atoms with Gasteiger partial charge in [0.25, 0.3) is 5.91 Å². The summed E-state index contributed by atoms with van der Waals surface area (Å²) in [5, 5.41) is 3.40. The highest BCUT2D eigenvalue weighted by molar-refractivity contribution is 5.75. The van der Waals surface area contributed by atoms with E-state index in [0.717, 1.165) is 26.1 Å². The molecule has 1 aliphatic heterocycles. The molecule has 0 aromatic heterocycles. The quantitative estimate of drug-likeness (QED) is 0.786. The Morgan fingerprint density at radius 3 is 2.80 bits per heavy atom. The average Bonchev–Trinajstić information content (AvgIpc) is 2.47. The number of hydrogen-bond donors (Lipinski definition) is 2. The molecule has 1 amide bonds. The lowest BCUT2D eigenvalue weighted by molar-refractivity contribution is -0.119. The molecular formula is C15H22N2O3. The summed E-state index contributed by atoms with van der Waals surface area (Å²) >= 11 is 0. The monoisotopic (exact) mass is 278 g/mol. The molecule has 0 radical (unpaired) electrons. The lowest BCUT2D eigenvalue weighted by atomic mass is 10.1. The van der Waals surface area contributed by atoms with Crippen molar-refractivity contribution in [2.24, 2.45) is 5.73 Å². The lowest BCUT2D eigenvalue weighted by Gasteiger charge is -2.22. The van der Waals surface area contributed by atoms with Gasteiger partial charge in [0.05, 0.1) is 6.10 Å². The molecule has 0 bridgehead atoms. The summed E-state index contributed by atoms with van der Waals surface area (Å²) in [6, 6.07) is 7.64. The molecule has 2 rings (SSSR count). The van der Waals surface area contributed by atoms with E-state index in [4.69, 9.17) is 15.2 Å². The predicted octanol–water partition coefficient (Wildman–Crippen LogP) is 1.21. The highest BCUT2D eigenvalue weighted by atomic mass is 16.5. The van der Waals surface area contributed by atoms with Crippen LogP contribution in [0.5, 0.6) is 5.75 Å². The zero-order valence-electron chi connectivity index (χ0n) is 11.6. The summed E-state index contributed by atoms with van der Waals surface area (Å²) in [6.07, 6.45) is 3.94. The van der Waals surface area contributed by atoms with E-state index in [1.807, 2.05) is 24.3 Å². The Morgan fingerprint density at radius 2 is 2.15 bits per heavy atom. The fraction of sp³-hybridized carbons (Fsp3) is 0.533. The van der Waals surface area contributed by atoms with Crippen molar-refractivity contribution in [2.75, 3.05) is 19.8 Å². The minimum absolute atomic E-state index is 0.0867. The fourth-order valence-corrected chi connectivity index (χ4v) is 2.20. The third-order valence-electron chi connectivity index (χ3n) is 3.28. The molecule has 5 heteroatoms. The van der Waals surface area contributed by atoms with Crippen molar-refractivity contribution >= 4 is 5.91 Å². The second-order valence-electron chi connectivity index (χ2n) is 5.02. The first-order chi connectivity index (χ1) is 9.74. The fourth-order valence-electron chi connectivity index (χ4n) is 2.20. The Balaban J connectivity index is 1.69. The van der Waals surface area contributed by atoms with Crippen LogP contribution in [0.4, 0.5) is 0 Å². The van der Waals surface area contributed by atoms with Crippen LogP contribution in [0.3, 0.4) is 0 Å². The first-order valence-electron chi connectivity index (χ1n) is 7.06. The normalized spacial score (nSPS) is 18.7. The first kappa shape index (κ1) is 14.8. The van der Waals surface area contributed by atoms with Gasteiger partial charge in [0.2, 0.25) is 0 Å². The molecule has 0 saturated carbocycles. The summed E-state index contributed by atoms with van der Waals surface area (Å²) < 4.78 is 10.9. The molecule has 1 aromatic rings. The Bertz CT molecular complexity index is 414. The van der Waals surface area contributed by atoms with Gasteiger partial charge in [-0.3, -0.25) is 4.79 Å². The molecule has 0 aliphatic carbocycles. The molecule has 1 unspecified atom stereocenters. The smallest absolute Gasteiger partial charge is 0.255 e. The van der Waals surface area contributed by atoms with Crippen LogP contribution in [-0.4, -0.2) is 31.8 Å². The topological polar surface area (TPSA) is 73.6 Å². The number of primary amides is 1. The van der Waals surface area contributed by atoms with E-state index < -0.39 is 5.91 Å². The van der Waals surface area contributed by atoms with E-state index in [-0.39, 0.29) is 6.61 Å². The number of amides is 1. The Morgan fingerprint density at radius 1 is 1.35 bits per heavy atom. The van der Waals surface area contributed by atoms with Crippen LogP contribution in [0.15, 0.2) is 24.3 Å². The molecule has 1 atom stereocenters. The highest BCUT2D eigenvalue weighted by Gasteiger charge is 2.12. The number of hydrogen-bond acceptors (Lipinski definition) is 4. The molecule has 5 nitrogen and oxygen atoms in total. The molecular weight excluding hydrogens is 256 g/mol. The number of ether oxygens (including phenoxy) is 2. The minimum atomic E-state index is -0.469. The van der Waals surface area contributed by atoms with Crippen molar-refractivity contribution < 1.29 is 14.3 Å². The van der Waals surface area contributed by atoms with Crippen molar-refractivity contribution in [3.05, 3.63) is 29.8 Å². The first-order valence-corrected chi connectivity index (χ1v) is 7.06. The largest absolute Gasteiger partial charge is 0.484 e. The average molecular weight is 278 g/mol. The third-order valence-corrected chi connectivity index (χ3v) is 3.28. The van der Waals surface area contributed by atoms with E-state index in [0.29, 0.717) is 11.9 Å². The molecule has 1 saturated heterocycles. The molecule has 1 heterocycles. The van der Waals surface area contributed by atoms with E-state index >= 15 is 0 Å². The van der Waals surface area contributed by atoms with Gasteiger partial charge in [-0.1, -0.05) is 12.1 Å². The number of nitrogens with one attached hydrogen (secondary N) is 1. The van der Waals surface area contributed by atoms with Gasteiger partial charge in [0, 0.05) is 19.7 Å². The van der Waals surface area contributed by atoms with Crippen LogP contribution < -0.4 is 15.8 Å².